The average molecular weight is 469 g/mol. The SMILES string of the molecule is CCCCCCCC(O)CCCCCCCCCCCCCCCCCCCCCC(=O)O. The van der Waals surface area contributed by atoms with Crippen LogP contribution < -0.4 is 0 Å². The molecule has 0 amide bonds. The molecule has 0 rings (SSSR count). The fourth-order valence-electron chi connectivity index (χ4n) is 4.79. The minimum Gasteiger partial charge on any atom is -0.481 e. The zero-order valence-corrected chi connectivity index (χ0v) is 22.5. The molecule has 0 heterocycles. The zero-order chi connectivity index (χ0) is 24.2. The van der Waals surface area contributed by atoms with Crippen LogP contribution in [0.15, 0.2) is 0 Å². The van der Waals surface area contributed by atoms with Gasteiger partial charge in [-0.15, -0.1) is 0 Å². The Kier molecular flexibility index (Phi) is 27.2. The molecular formula is C30H60O3. The molecule has 33 heavy (non-hydrogen) atoms. The number of carboxylic acids is 1. The molecule has 0 saturated carbocycles. The number of rotatable bonds is 28. The van der Waals surface area contributed by atoms with E-state index in [9.17, 15) is 9.90 Å². The molecule has 0 aliphatic heterocycles. The van der Waals surface area contributed by atoms with Crippen molar-refractivity contribution in [1.29, 1.82) is 0 Å². The average Bonchev–Trinajstić information content (AvgIpc) is 2.79. The Morgan fingerprint density at radius 3 is 1.06 bits per heavy atom. The van der Waals surface area contributed by atoms with Crippen molar-refractivity contribution in [2.24, 2.45) is 0 Å². The van der Waals surface area contributed by atoms with Crippen LogP contribution in [0.25, 0.3) is 0 Å². The maximum Gasteiger partial charge on any atom is 0.303 e. The maximum atomic E-state index is 10.4. The van der Waals surface area contributed by atoms with Crippen molar-refractivity contribution in [3.63, 3.8) is 0 Å². The molecule has 1 unspecified atom stereocenters. The largest absolute Gasteiger partial charge is 0.481 e. The summed E-state index contributed by atoms with van der Waals surface area (Å²) in [7, 11) is 0. The minimum absolute atomic E-state index is 0.0477. The van der Waals surface area contributed by atoms with Crippen molar-refractivity contribution in [3.8, 4) is 0 Å². The molecule has 0 aromatic heterocycles. The van der Waals surface area contributed by atoms with Gasteiger partial charge in [0.2, 0.25) is 0 Å². The van der Waals surface area contributed by atoms with E-state index >= 15 is 0 Å². The van der Waals surface area contributed by atoms with Gasteiger partial charge >= 0.3 is 5.97 Å². The van der Waals surface area contributed by atoms with Gasteiger partial charge in [0.25, 0.3) is 0 Å². The second-order valence-corrected chi connectivity index (χ2v) is 10.5. The van der Waals surface area contributed by atoms with E-state index in [1.165, 1.54) is 141 Å². The van der Waals surface area contributed by atoms with Crippen LogP contribution in [0.4, 0.5) is 0 Å². The van der Waals surface area contributed by atoms with Gasteiger partial charge in [-0.25, -0.2) is 0 Å². The third kappa shape index (κ3) is 29.4. The normalized spacial score (nSPS) is 12.3. The molecule has 0 aliphatic carbocycles. The van der Waals surface area contributed by atoms with Crippen LogP contribution in [0, 0.1) is 0 Å². The summed E-state index contributed by atoms with van der Waals surface area (Å²) >= 11 is 0. The first-order chi connectivity index (χ1) is 16.2. The van der Waals surface area contributed by atoms with Crippen molar-refractivity contribution in [2.45, 2.75) is 186 Å². The number of aliphatic hydroxyl groups excluding tert-OH is 1. The fraction of sp³-hybridized carbons (Fsp3) is 0.967. The van der Waals surface area contributed by atoms with Gasteiger partial charge in [-0.1, -0.05) is 155 Å². The van der Waals surface area contributed by atoms with E-state index in [0.717, 1.165) is 25.7 Å². The van der Waals surface area contributed by atoms with Gasteiger partial charge in [-0.2, -0.15) is 0 Å². The number of hydrogen-bond acceptors (Lipinski definition) is 2. The summed E-state index contributed by atoms with van der Waals surface area (Å²) in [6.45, 7) is 2.25. The Labute approximate surface area is 207 Å². The molecule has 0 saturated heterocycles. The summed E-state index contributed by atoms with van der Waals surface area (Å²) < 4.78 is 0. The van der Waals surface area contributed by atoms with Gasteiger partial charge in [-0.05, 0) is 19.3 Å². The molecule has 1 atom stereocenters. The molecule has 0 aromatic carbocycles. The molecular weight excluding hydrogens is 408 g/mol. The van der Waals surface area contributed by atoms with Crippen LogP contribution in [-0.2, 0) is 4.79 Å². The number of aliphatic hydroxyl groups is 1. The first-order valence-electron chi connectivity index (χ1n) is 15.1. The first kappa shape index (κ1) is 32.4. The number of hydrogen-bond donors (Lipinski definition) is 2. The predicted octanol–water partition coefficient (Wildman–Crippen LogP) is 9.98. The van der Waals surface area contributed by atoms with E-state index in [2.05, 4.69) is 6.92 Å². The molecule has 198 valence electrons. The second-order valence-electron chi connectivity index (χ2n) is 10.5. The Morgan fingerprint density at radius 1 is 0.485 bits per heavy atom. The van der Waals surface area contributed by atoms with E-state index in [1.807, 2.05) is 0 Å². The first-order valence-corrected chi connectivity index (χ1v) is 15.1. The van der Waals surface area contributed by atoms with E-state index < -0.39 is 5.97 Å². The van der Waals surface area contributed by atoms with Gasteiger partial charge in [-0.3, -0.25) is 4.79 Å². The van der Waals surface area contributed by atoms with E-state index in [4.69, 9.17) is 5.11 Å². The molecule has 0 bridgehead atoms. The summed E-state index contributed by atoms with van der Waals surface area (Å²) in [6, 6.07) is 0. The molecule has 0 aromatic rings. The van der Waals surface area contributed by atoms with Crippen LogP contribution in [0.1, 0.15) is 180 Å². The van der Waals surface area contributed by atoms with Crippen molar-refractivity contribution >= 4 is 5.97 Å². The summed E-state index contributed by atoms with van der Waals surface area (Å²) in [5.41, 5.74) is 0. The van der Waals surface area contributed by atoms with Crippen LogP contribution in [0.3, 0.4) is 0 Å². The summed E-state index contributed by atoms with van der Waals surface area (Å²) in [5, 5.41) is 18.7. The van der Waals surface area contributed by atoms with Gasteiger partial charge in [0.05, 0.1) is 6.10 Å². The number of aliphatic carboxylic acids is 1. The van der Waals surface area contributed by atoms with Gasteiger partial charge in [0.1, 0.15) is 0 Å². The standard InChI is InChI=1S/C30H60O3/c1-2-3-4-20-23-26-29(31)27-24-21-18-16-14-12-10-8-6-5-7-9-11-13-15-17-19-22-25-28-30(32)33/h29,31H,2-28H2,1H3,(H,32,33). The highest BCUT2D eigenvalue weighted by Gasteiger charge is 2.03. The van der Waals surface area contributed by atoms with Crippen LogP contribution in [0.5, 0.6) is 0 Å². The predicted molar refractivity (Wildman–Crippen MR) is 144 cm³/mol. The molecule has 3 heteroatoms. The summed E-state index contributed by atoms with van der Waals surface area (Å²) in [6.07, 6.45) is 33.8. The van der Waals surface area contributed by atoms with Crippen LogP contribution in [-0.4, -0.2) is 22.3 Å². The number of unbranched alkanes of at least 4 members (excludes halogenated alkanes) is 22. The van der Waals surface area contributed by atoms with E-state index in [0.29, 0.717) is 6.42 Å². The molecule has 0 spiro atoms. The second kappa shape index (κ2) is 27.7. The summed E-state index contributed by atoms with van der Waals surface area (Å²) in [4.78, 5) is 10.4. The van der Waals surface area contributed by atoms with Crippen LogP contribution in [0.2, 0.25) is 0 Å². The number of carboxylic acid groups (broad SMARTS) is 1. The lowest BCUT2D eigenvalue weighted by molar-refractivity contribution is -0.137. The Morgan fingerprint density at radius 2 is 0.758 bits per heavy atom. The van der Waals surface area contributed by atoms with E-state index in [-0.39, 0.29) is 6.10 Å². The molecule has 3 nitrogen and oxygen atoms in total. The lowest BCUT2D eigenvalue weighted by Gasteiger charge is -2.10. The highest BCUT2D eigenvalue weighted by molar-refractivity contribution is 5.66. The zero-order valence-electron chi connectivity index (χ0n) is 22.5. The number of carbonyl (C=O) groups is 1. The quantitative estimate of drug-likeness (QED) is 0.112. The summed E-state index contributed by atoms with van der Waals surface area (Å²) in [5.74, 6) is -0.656. The Bertz CT molecular complexity index is 383. The molecule has 0 fully saturated rings. The van der Waals surface area contributed by atoms with Crippen molar-refractivity contribution < 1.29 is 15.0 Å². The molecule has 0 radical (unpaired) electrons. The molecule has 2 N–H and O–H groups in total. The monoisotopic (exact) mass is 468 g/mol. The highest BCUT2D eigenvalue weighted by atomic mass is 16.4. The van der Waals surface area contributed by atoms with Crippen molar-refractivity contribution in [1.82, 2.24) is 0 Å². The smallest absolute Gasteiger partial charge is 0.303 e. The van der Waals surface area contributed by atoms with Crippen LogP contribution >= 0.6 is 0 Å². The highest BCUT2D eigenvalue weighted by Crippen LogP contribution is 2.16. The van der Waals surface area contributed by atoms with Crippen molar-refractivity contribution in [2.75, 3.05) is 0 Å². The third-order valence-electron chi connectivity index (χ3n) is 7.07. The third-order valence-corrected chi connectivity index (χ3v) is 7.07. The Hall–Kier alpha value is -0.570. The fourth-order valence-corrected chi connectivity index (χ4v) is 4.79. The van der Waals surface area contributed by atoms with Gasteiger partial charge in [0, 0.05) is 6.42 Å². The van der Waals surface area contributed by atoms with Crippen molar-refractivity contribution in [3.05, 3.63) is 0 Å². The lowest BCUT2D eigenvalue weighted by atomic mass is 10.0. The lowest BCUT2D eigenvalue weighted by Crippen LogP contribution is -2.05. The Balaban J connectivity index is 3.09. The molecule has 0 aliphatic rings. The topological polar surface area (TPSA) is 57.5 Å². The van der Waals surface area contributed by atoms with E-state index in [1.54, 1.807) is 0 Å². The van der Waals surface area contributed by atoms with Gasteiger partial charge < -0.3 is 10.2 Å². The maximum absolute atomic E-state index is 10.4. The van der Waals surface area contributed by atoms with Gasteiger partial charge in [0.15, 0.2) is 0 Å². The minimum atomic E-state index is -0.656.